The van der Waals surface area contributed by atoms with Crippen LogP contribution in [0.4, 0.5) is 37.0 Å². The normalized spacial score (nSPS) is 17.9. The van der Waals surface area contributed by atoms with Gasteiger partial charge in [0, 0.05) is 29.8 Å². The van der Waals surface area contributed by atoms with Crippen molar-refractivity contribution < 1.29 is 54.6 Å². The molecule has 0 spiro atoms. The molecule has 15 heteroatoms. The smallest absolute Gasteiger partial charge is 0.416 e. The molecule has 2 aliphatic rings. The Morgan fingerprint density at radius 1 is 0.918 bits per heavy atom. The molecule has 2 saturated heterocycles. The zero-order valence-electron chi connectivity index (χ0n) is 26.3. The standard InChI is InChI=1S/C34H29F6N3O6/c1-18-30(20-13-21(33(35,36)37)16-22(14-20)34(38,39)40)49-32(45)43(18)17-25-23(6-10-29(41-25)42-11-4-12-42)24-15-19(5-7-27(24)46-2)26-8-9-28(48-26)31(44)47-3/h5-10,13-16,18,30H,4,11-12,17H2,1-3H3/t18-,30-/m0/s1. The number of amides is 1. The van der Waals surface area contributed by atoms with Crippen LogP contribution >= 0.6 is 0 Å². The highest BCUT2D eigenvalue weighted by atomic mass is 19.4. The number of cyclic esters (lactones) is 1. The minimum Gasteiger partial charge on any atom is -0.496 e. The molecule has 0 bridgehead atoms. The first-order valence-electron chi connectivity index (χ1n) is 15.1. The van der Waals surface area contributed by atoms with E-state index in [-0.39, 0.29) is 18.4 Å². The van der Waals surface area contributed by atoms with Gasteiger partial charge in [-0.3, -0.25) is 4.90 Å². The Labute approximate surface area is 276 Å². The van der Waals surface area contributed by atoms with Crippen LogP contribution in [0.15, 0.2) is 65.1 Å². The molecule has 258 valence electrons. The maximum absolute atomic E-state index is 13.6. The lowest BCUT2D eigenvalue weighted by atomic mass is 9.96. The van der Waals surface area contributed by atoms with Gasteiger partial charge in [-0.15, -0.1) is 0 Å². The monoisotopic (exact) mass is 689 g/mol. The number of esters is 1. The third-order valence-corrected chi connectivity index (χ3v) is 8.56. The fourth-order valence-electron chi connectivity index (χ4n) is 5.82. The summed E-state index contributed by atoms with van der Waals surface area (Å²) in [7, 11) is 2.70. The summed E-state index contributed by atoms with van der Waals surface area (Å²) in [5.41, 5.74) is -1.43. The zero-order chi connectivity index (χ0) is 35.2. The molecule has 4 aromatic rings. The fraction of sp³-hybridized carbons (Fsp3) is 0.324. The van der Waals surface area contributed by atoms with Crippen molar-refractivity contribution in [3.63, 3.8) is 0 Å². The summed E-state index contributed by atoms with van der Waals surface area (Å²) >= 11 is 0. The predicted octanol–water partition coefficient (Wildman–Crippen LogP) is 8.13. The van der Waals surface area contributed by atoms with E-state index in [2.05, 4.69) is 0 Å². The van der Waals surface area contributed by atoms with Crippen LogP contribution in [-0.4, -0.2) is 55.3 Å². The topological polar surface area (TPSA) is 94.3 Å². The summed E-state index contributed by atoms with van der Waals surface area (Å²) < 4.78 is 103. The number of hydrogen-bond acceptors (Lipinski definition) is 8. The van der Waals surface area contributed by atoms with E-state index in [9.17, 15) is 35.9 Å². The van der Waals surface area contributed by atoms with Crippen molar-refractivity contribution in [3.05, 3.63) is 88.8 Å². The summed E-state index contributed by atoms with van der Waals surface area (Å²) in [6.45, 7) is 2.80. The van der Waals surface area contributed by atoms with Gasteiger partial charge in [-0.2, -0.15) is 26.3 Å². The third-order valence-electron chi connectivity index (χ3n) is 8.56. The highest BCUT2D eigenvalue weighted by Gasteiger charge is 2.43. The average molecular weight is 690 g/mol. The number of methoxy groups -OCH3 is 2. The molecule has 0 radical (unpaired) electrons. The molecule has 4 heterocycles. The van der Waals surface area contributed by atoms with Gasteiger partial charge >= 0.3 is 24.4 Å². The number of anilines is 1. The predicted molar refractivity (Wildman–Crippen MR) is 163 cm³/mol. The Morgan fingerprint density at radius 2 is 1.61 bits per heavy atom. The summed E-state index contributed by atoms with van der Waals surface area (Å²) in [6.07, 6.45) is -11.5. The number of carbonyl (C=O) groups excluding carboxylic acids is 2. The van der Waals surface area contributed by atoms with Crippen LogP contribution in [0.1, 0.15) is 52.4 Å². The second kappa shape index (κ2) is 12.7. The lowest BCUT2D eigenvalue weighted by Crippen LogP contribution is -2.38. The van der Waals surface area contributed by atoms with E-state index in [0.29, 0.717) is 51.8 Å². The quantitative estimate of drug-likeness (QED) is 0.135. The number of furan rings is 1. The van der Waals surface area contributed by atoms with E-state index in [1.165, 1.54) is 32.1 Å². The van der Waals surface area contributed by atoms with Crippen LogP contribution in [0.25, 0.3) is 22.5 Å². The Bertz CT molecular complexity index is 1870. The molecule has 9 nitrogen and oxygen atoms in total. The van der Waals surface area contributed by atoms with Crippen molar-refractivity contribution in [1.82, 2.24) is 9.88 Å². The minimum absolute atomic E-state index is 0.00432. The van der Waals surface area contributed by atoms with Crippen molar-refractivity contribution in [1.29, 1.82) is 0 Å². The van der Waals surface area contributed by atoms with Gasteiger partial charge in [0.2, 0.25) is 5.76 Å². The van der Waals surface area contributed by atoms with Gasteiger partial charge in [-0.05, 0) is 79.6 Å². The number of nitrogens with zero attached hydrogens (tertiary/aromatic N) is 3. The molecule has 2 aromatic carbocycles. The number of alkyl halides is 6. The van der Waals surface area contributed by atoms with Crippen molar-refractivity contribution in [2.75, 3.05) is 32.2 Å². The van der Waals surface area contributed by atoms with Gasteiger partial charge < -0.3 is 23.5 Å². The van der Waals surface area contributed by atoms with Gasteiger partial charge in [-0.1, -0.05) is 0 Å². The lowest BCUT2D eigenvalue weighted by Gasteiger charge is -2.33. The summed E-state index contributed by atoms with van der Waals surface area (Å²) in [5.74, 6) is 0.753. The maximum Gasteiger partial charge on any atom is 0.416 e. The highest BCUT2D eigenvalue weighted by Crippen LogP contribution is 2.43. The van der Waals surface area contributed by atoms with E-state index < -0.39 is 53.3 Å². The molecule has 1 amide bonds. The van der Waals surface area contributed by atoms with E-state index in [4.69, 9.17) is 23.6 Å². The van der Waals surface area contributed by atoms with Gasteiger partial charge in [0.1, 0.15) is 23.4 Å². The molecular weight excluding hydrogens is 660 g/mol. The average Bonchev–Trinajstić information content (AvgIpc) is 3.64. The molecule has 2 aromatic heterocycles. The van der Waals surface area contributed by atoms with Gasteiger partial charge in [0.05, 0.1) is 43.6 Å². The highest BCUT2D eigenvalue weighted by molar-refractivity contribution is 5.87. The molecule has 0 N–H and O–H groups in total. The summed E-state index contributed by atoms with van der Waals surface area (Å²) in [6, 6.07) is 12.0. The van der Waals surface area contributed by atoms with E-state index in [0.717, 1.165) is 19.5 Å². The van der Waals surface area contributed by atoms with E-state index >= 15 is 0 Å². The molecule has 2 aliphatic heterocycles. The number of rotatable bonds is 8. The minimum atomic E-state index is -5.07. The molecule has 0 aliphatic carbocycles. The molecule has 6 rings (SSSR count). The lowest BCUT2D eigenvalue weighted by molar-refractivity contribution is -0.143. The molecule has 0 saturated carbocycles. The van der Waals surface area contributed by atoms with Gasteiger partial charge in [-0.25, -0.2) is 14.6 Å². The first-order valence-corrected chi connectivity index (χ1v) is 15.1. The third kappa shape index (κ3) is 6.61. The molecule has 2 atom stereocenters. The fourth-order valence-corrected chi connectivity index (χ4v) is 5.82. The number of ether oxygens (including phenoxy) is 3. The second-order valence-corrected chi connectivity index (χ2v) is 11.6. The van der Waals surface area contributed by atoms with Crippen molar-refractivity contribution in [2.45, 2.75) is 44.4 Å². The SMILES string of the molecule is COC(=O)c1ccc(-c2ccc(OC)c(-c3ccc(N4CCC4)nc3CN3C(=O)O[C@H](c4cc(C(F)(F)F)cc(C(F)(F)F)c4)[C@@H]3C)c2)o1. The first kappa shape index (κ1) is 33.7. The Hall–Kier alpha value is -5.21. The largest absolute Gasteiger partial charge is 0.496 e. The summed E-state index contributed by atoms with van der Waals surface area (Å²) in [5, 5.41) is 0. The van der Waals surface area contributed by atoms with Crippen molar-refractivity contribution in [3.8, 4) is 28.2 Å². The van der Waals surface area contributed by atoms with Crippen molar-refractivity contribution in [2.24, 2.45) is 0 Å². The van der Waals surface area contributed by atoms with Gasteiger partial charge in [0.25, 0.3) is 0 Å². The molecule has 49 heavy (non-hydrogen) atoms. The Kier molecular flexibility index (Phi) is 8.71. The Morgan fingerprint density at radius 3 is 2.20 bits per heavy atom. The van der Waals surface area contributed by atoms with E-state index in [1.54, 1.807) is 30.3 Å². The number of hydrogen-bond donors (Lipinski definition) is 0. The van der Waals surface area contributed by atoms with Crippen LogP contribution in [-0.2, 0) is 28.4 Å². The van der Waals surface area contributed by atoms with Crippen LogP contribution in [0.5, 0.6) is 5.75 Å². The van der Waals surface area contributed by atoms with Crippen LogP contribution in [0.3, 0.4) is 0 Å². The zero-order valence-corrected chi connectivity index (χ0v) is 26.3. The first-order chi connectivity index (χ1) is 23.2. The number of pyridine rings is 1. The Balaban J connectivity index is 1.39. The number of aromatic nitrogens is 1. The van der Waals surface area contributed by atoms with Crippen LogP contribution in [0, 0.1) is 0 Å². The van der Waals surface area contributed by atoms with Crippen molar-refractivity contribution >= 4 is 17.9 Å². The molecule has 0 unspecified atom stereocenters. The van der Waals surface area contributed by atoms with Crippen LogP contribution < -0.4 is 9.64 Å². The van der Waals surface area contributed by atoms with Gasteiger partial charge in [0.15, 0.2) is 0 Å². The summed E-state index contributed by atoms with van der Waals surface area (Å²) in [4.78, 5) is 33.3. The van der Waals surface area contributed by atoms with Crippen LogP contribution in [0.2, 0.25) is 0 Å². The maximum atomic E-state index is 13.6. The number of carbonyl (C=O) groups is 2. The molecule has 2 fully saturated rings. The number of benzene rings is 2. The number of halogens is 6. The van der Waals surface area contributed by atoms with E-state index in [1.807, 2.05) is 11.0 Å². The molecular formula is C34H29F6N3O6. The second-order valence-electron chi connectivity index (χ2n) is 11.6.